The lowest BCUT2D eigenvalue weighted by Gasteiger charge is -2.21. The number of hydrogen-bond donors (Lipinski definition) is 2. The molecule has 1 atom stereocenters. The van der Waals surface area contributed by atoms with Crippen molar-refractivity contribution in [3.05, 3.63) is 23.3 Å². The minimum Gasteiger partial charge on any atom is -0.496 e. The normalized spacial score (nSPS) is 12.0. The molecule has 0 saturated heterocycles. The topological polar surface area (TPSA) is 91.0 Å². The van der Waals surface area contributed by atoms with E-state index in [4.69, 9.17) is 25.1 Å². The molecule has 1 aromatic rings. The summed E-state index contributed by atoms with van der Waals surface area (Å²) in [5, 5.41) is 8.77. The van der Waals surface area contributed by atoms with Gasteiger partial charge in [-0.1, -0.05) is 0 Å². The predicted molar refractivity (Wildman–Crippen MR) is 74.1 cm³/mol. The second-order valence-electron chi connectivity index (χ2n) is 4.33. The van der Waals surface area contributed by atoms with Crippen LogP contribution in [0.15, 0.2) is 12.1 Å². The van der Waals surface area contributed by atoms with Crippen LogP contribution in [0.4, 0.5) is 0 Å². The molecule has 0 aliphatic heterocycles. The number of nitrogens with two attached hydrogens (primary N) is 1. The number of rotatable bonds is 8. The summed E-state index contributed by atoms with van der Waals surface area (Å²) in [6.07, 6.45) is 0.309. The molecule has 0 heterocycles. The van der Waals surface area contributed by atoms with E-state index in [2.05, 4.69) is 0 Å². The Morgan fingerprint density at radius 1 is 1.25 bits per heavy atom. The molecule has 1 unspecified atom stereocenters. The second kappa shape index (κ2) is 7.72. The summed E-state index contributed by atoms with van der Waals surface area (Å²) < 4.78 is 15.8. The zero-order valence-corrected chi connectivity index (χ0v) is 12.0. The summed E-state index contributed by atoms with van der Waals surface area (Å²) in [6, 6.07) is 3.08. The highest BCUT2D eigenvalue weighted by Crippen LogP contribution is 2.36. The average Bonchev–Trinajstić information content (AvgIpc) is 2.44. The number of methoxy groups -OCH3 is 3. The Hall–Kier alpha value is -1.79. The van der Waals surface area contributed by atoms with Gasteiger partial charge in [0.25, 0.3) is 0 Å². The van der Waals surface area contributed by atoms with Crippen molar-refractivity contribution in [3.8, 4) is 11.5 Å². The predicted octanol–water partition coefficient (Wildman–Crippen LogP) is 1.71. The van der Waals surface area contributed by atoms with Crippen molar-refractivity contribution in [2.24, 2.45) is 5.73 Å². The molecule has 112 valence electrons. The number of carboxylic acid groups (broad SMARTS) is 1. The lowest BCUT2D eigenvalue weighted by Crippen LogP contribution is -2.16. The van der Waals surface area contributed by atoms with Crippen LogP contribution in [0.5, 0.6) is 11.5 Å². The molecule has 0 radical (unpaired) electrons. The fourth-order valence-electron chi connectivity index (χ4n) is 2.12. The number of ether oxygens (including phenoxy) is 3. The molecule has 1 rings (SSSR count). The van der Waals surface area contributed by atoms with Crippen LogP contribution >= 0.6 is 0 Å². The Morgan fingerprint density at radius 3 is 2.35 bits per heavy atom. The summed E-state index contributed by atoms with van der Waals surface area (Å²) in [5.74, 6) is 0.375. The van der Waals surface area contributed by atoms with Gasteiger partial charge in [-0.3, -0.25) is 4.79 Å². The van der Waals surface area contributed by atoms with Gasteiger partial charge < -0.3 is 25.1 Å². The largest absolute Gasteiger partial charge is 0.496 e. The van der Waals surface area contributed by atoms with Crippen LogP contribution < -0.4 is 15.2 Å². The Labute approximate surface area is 118 Å². The standard InChI is InChI=1S/C14H21NO5/c1-18-8-9-11(19-2)5-6-12(20-3)14(9)10(15)4-7-13(16)17/h5-6,10H,4,7-8,15H2,1-3H3,(H,16,17). The molecule has 0 amide bonds. The van der Waals surface area contributed by atoms with Gasteiger partial charge in [0, 0.05) is 30.7 Å². The number of benzene rings is 1. The van der Waals surface area contributed by atoms with Crippen LogP contribution in [-0.4, -0.2) is 32.4 Å². The molecule has 0 fully saturated rings. The minimum absolute atomic E-state index is 0.00600. The van der Waals surface area contributed by atoms with E-state index in [9.17, 15) is 4.79 Å². The van der Waals surface area contributed by atoms with Gasteiger partial charge in [-0.2, -0.15) is 0 Å². The maximum absolute atomic E-state index is 10.7. The van der Waals surface area contributed by atoms with Gasteiger partial charge in [0.1, 0.15) is 11.5 Å². The maximum atomic E-state index is 10.7. The third-order valence-corrected chi connectivity index (χ3v) is 3.04. The highest BCUT2D eigenvalue weighted by Gasteiger charge is 2.21. The first-order valence-corrected chi connectivity index (χ1v) is 6.25. The molecular formula is C14H21NO5. The maximum Gasteiger partial charge on any atom is 0.303 e. The van der Waals surface area contributed by atoms with E-state index in [0.29, 0.717) is 24.5 Å². The van der Waals surface area contributed by atoms with E-state index in [-0.39, 0.29) is 6.42 Å². The number of carboxylic acids is 1. The van der Waals surface area contributed by atoms with Crippen molar-refractivity contribution in [2.75, 3.05) is 21.3 Å². The molecule has 0 saturated carbocycles. The average molecular weight is 283 g/mol. The summed E-state index contributed by atoms with van der Waals surface area (Å²) >= 11 is 0. The molecule has 20 heavy (non-hydrogen) atoms. The smallest absolute Gasteiger partial charge is 0.303 e. The third-order valence-electron chi connectivity index (χ3n) is 3.04. The summed E-state index contributed by atoms with van der Waals surface area (Å²) in [4.78, 5) is 10.7. The first-order chi connectivity index (χ1) is 9.54. The molecule has 0 bridgehead atoms. The van der Waals surface area contributed by atoms with Gasteiger partial charge >= 0.3 is 5.97 Å². The Balaban J connectivity index is 3.20. The van der Waals surface area contributed by atoms with Crippen molar-refractivity contribution in [1.82, 2.24) is 0 Å². The van der Waals surface area contributed by atoms with Crippen LogP contribution in [0.1, 0.15) is 30.0 Å². The van der Waals surface area contributed by atoms with E-state index in [0.717, 1.165) is 11.1 Å². The molecule has 0 aromatic heterocycles. The summed E-state index contributed by atoms with van der Waals surface area (Å²) in [7, 11) is 4.69. The van der Waals surface area contributed by atoms with E-state index in [1.54, 1.807) is 33.5 Å². The highest BCUT2D eigenvalue weighted by atomic mass is 16.5. The first-order valence-electron chi connectivity index (χ1n) is 6.25. The number of aliphatic carboxylic acids is 1. The molecular weight excluding hydrogens is 262 g/mol. The minimum atomic E-state index is -0.879. The zero-order chi connectivity index (χ0) is 15.1. The number of carbonyl (C=O) groups is 1. The highest BCUT2D eigenvalue weighted by molar-refractivity contribution is 5.66. The Kier molecular flexibility index (Phi) is 6.27. The fourth-order valence-corrected chi connectivity index (χ4v) is 2.12. The second-order valence-corrected chi connectivity index (χ2v) is 4.33. The molecule has 1 aromatic carbocycles. The molecule has 0 aliphatic carbocycles. The van der Waals surface area contributed by atoms with Gasteiger partial charge in [0.15, 0.2) is 0 Å². The third kappa shape index (κ3) is 3.85. The number of hydrogen-bond acceptors (Lipinski definition) is 5. The van der Waals surface area contributed by atoms with Crippen molar-refractivity contribution < 1.29 is 24.1 Å². The molecule has 3 N–H and O–H groups in total. The first kappa shape index (κ1) is 16.3. The Morgan fingerprint density at radius 2 is 1.85 bits per heavy atom. The lowest BCUT2D eigenvalue weighted by atomic mass is 9.95. The van der Waals surface area contributed by atoms with Crippen LogP contribution in [0.25, 0.3) is 0 Å². The molecule has 6 heteroatoms. The quantitative estimate of drug-likeness (QED) is 0.754. The molecule has 6 nitrogen and oxygen atoms in total. The molecule has 0 aliphatic rings. The van der Waals surface area contributed by atoms with E-state index < -0.39 is 12.0 Å². The van der Waals surface area contributed by atoms with Gasteiger partial charge in [0.2, 0.25) is 0 Å². The van der Waals surface area contributed by atoms with Crippen LogP contribution in [0.3, 0.4) is 0 Å². The SMILES string of the molecule is COCc1c(OC)ccc(OC)c1C(N)CCC(=O)O. The van der Waals surface area contributed by atoms with E-state index >= 15 is 0 Å². The summed E-state index contributed by atoms with van der Waals surface area (Å²) in [5.41, 5.74) is 7.64. The van der Waals surface area contributed by atoms with Gasteiger partial charge in [-0.15, -0.1) is 0 Å². The van der Waals surface area contributed by atoms with Gasteiger partial charge in [-0.05, 0) is 18.6 Å². The zero-order valence-electron chi connectivity index (χ0n) is 12.0. The van der Waals surface area contributed by atoms with Crippen molar-refractivity contribution in [1.29, 1.82) is 0 Å². The monoisotopic (exact) mass is 283 g/mol. The summed E-state index contributed by atoms with van der Waals surface area (Å²) in [6.45, 7) is 0.316. The molecule has 0 spiro atoms. The van der Waals surface area contributed by atoms with Crippen molar-refractivity contribution >= 4 is 5.97 Å². The van der Waals surface area contributed by atoms with Gasteiger partial charge in [0.05, 0.1) is 20.8 Å². The van der Waals surface area contributed by atoms with Gasteiger partial charge in [-0.25, -0.2) is 0 Å². The fraction of sp³-hybridized carbons (Fsp3) is 0.500. The van der Waals surface area contributed by atoms with E-state index in [1.165, 1.54) is 0 Å². The lowest BCUT2D eigenvalue weighted by molar-refractivity contribution is -0.137. The van der Waals surface area contributed by atoms with Crippen LogP contribution in [0.2, 0.25) is 0 Å². The van der Waals surface area contributed by atoms with Crippen molar-refractivity contribution in [3.63, 3.8) is 0 Å². The van der Waals surface area contributed by atoms with Crippen molar-refractivity contribution in [2.45, 2.75) is 25.5 Å². The van der Waals surface area contributed by atoms with E-state index in [1.807, 2.05) is 0 Å². The van der Waals surface area contributed by atoms with Crippen LogP contribution in [-0.2, 0) is 16.1 Å². The van der Waals surface area contributed by atoms with Crippen LogP contribution in [0, 0.1) is 0 Å². The Bertz CT molecular complexity index is 461.